The van der Waals surface area contributed by atoms with Gasteiger partial charge in [0.2, 0.25) is 0 Å². The summed E-state index contributed by atoms with van der Waals surface area (Å²) >= 11 is 0. The third kappa shape index (κ3) is 5.26. The Morgan fingerprint density at radius 1 is 1.42 bits per heavy atom. The number of hydrogen-bond donors (Lipinski definition) is 2. The van der Waals surface area contributed by atoms with E-state index in [1.807, 2.05) is 0 Å². The summed E-state index contributed by atoms with van der Waals surface area (Å²) in [7, 11) is 0. The maximum Gasteiger partial charge on any atom is 0.407 e. The molecule has 0 unspecified atom stereocenters. The summed E-state index contributed by atoms with van der Waals surface area (Å²) in [6.07, 6.45) is -1.61. The third-order valence-electron chi connectivity index (χ3n) is 2.41. The third-order valence-corrected chi connectivity index (χ3v) is 2.41. The van der Waals surface area contributed by atoms with Gasteiger partial charge in [-0.1, -0.05) is 12.1 Å². The zero-order valence-corrected chi connectivity index (χ0v) is 11.6. The molecule has 106 valence electrons. The fraction of sp³-hybridized carbons (Fsp3) is 0.500. The molecule has 0 fully saturated rings. The molecule has 0 aliphatic heterocycles. The first-order valence-electron chi connectivity index (χ1n) is 6.12. The molecule has 0 saturated heterocycles. The second-order valence-corrected chi connectivity index (χ2v) is 5.43. The topological polar surface area (TPSA) is 58.6 Å². The fourth-order valence-corrected chi connectivity index (χ4v) is 1.55. The van der Waals surface area contributed by atoms with E-state index >= 15 is 0 Å². The van der Waals surface area contributed by atoms with Gasteiger partial charge in [-0.2, -0.15) is 0 Å². The van der Waals surface area contributed by atoms with Crippen molar-refractivity contribution in [2.24, 2.45) is 0 Å². The Morgan fingerprint density at radius 2 is 2.05 bits per heavy atom. The van der Waals surface area contributed by atoms with Crippen molar-refractivity contribution in [2.45, 2.75) is 45.4 Å². The van der Waals surface area contributed by atoms with Gasteiger partial charge < -0.3 is 15.2 Å². The van der Waals surface area contributed by atoms with Crippen LogP contribution in [0.4, 0.5) is 9.18 Å². The van der Waals surface area contributed by atoms with E-state index in [0.29, 0.717) is 5.56 Å². The zero-order valence-electron chi connectivity index (χ0n) is 11.6. The molecule has 2 N–H and O–H groups in total. The van der Waals surface area contributed by atoms with Gasteiger partial charge >= 0.3 is 6.09 Å². The molecule has 1 rings (SSSR count). The van der Waals surface area contributed by atoms with Gasteiger partial charge in [0.15, 0.2) is 0 Å². The van der Waals surface area contributed by atoms with Gasteiger partial charge in [0.05, 0.1) is 12.1 Å². The van der Waals surface area contributed by atoms with E-state index in [0.717, 1.165) is 0 Å². The number of ether oxygens (including phenoxy) is 1. The summed E-state index contributed by atoms with van der Waals surface area (Å²) in [6, 6.07) is 5.05. The lowest BCUT2D eigenvalue weighted by Crippen LogP contribution is -2.40. The van der Waals surface area contributed by atoms with Gasteiger partial charge in [0, 0.05) is 0 Å². The number of hydrogen-bond acceptors (Lipinski definition) is 3. The van der Waals surface area contributed by atoms with E-state index in [4.69, 9.17) is 4.74 Å². The number of halogens is 1. The first-order chi connectivity index (χ1) is 8.69. The summed E-state index contributed by atoms with van der Waals surface area (Å²) in [5.74, 6) is -0.430. The van der Waals surface area contributed by atoms with Crippen molar-refractivity contribution in [3.05, 3.63) is 35.6 Å². The molecule has 0 aliphatic carbocycles. The highest BCUT2D eigenvalue weighted by molar-refractivity contribution is 5.68. The van der Waals surface area contributed by atoms with Crippen LogP contribution in [0.1, 0.15) is 39.4 Å². The van der Waals surface area contributed by atoms with Crippen molar-refractivity contribution in [2.75, 3.05) is 0 Å². The van der Waals surface area contributed by atoms with E-state index < -0.39 is 29.7 Å². The van der Waals surface area contributed by atoms with E-state index in [-0.39, 0.29) is 0 Å². The first kappa shape index (κ1) is 15.4. The molecular weight excluding hydrogens is 249 g/mol. The van der Waals surface area contributed by atoms with Crippen LogP contribution >= 0.6 is 0 Å². The summed E-state index contributed by atoms with van der Waals surface area (Å²) in [5, 5.41) is 12.5. The highest BCUT2D eigenvalue weighted by Gasteiger charge is 2.22. The lowest BCUT2D eigenvalue weighted by molar-refractivity contribution is 0.0435. The molecule has 0 saturated carbocycles. The summed E-state index contributed by atoms with van der Waals surface area (Å²) in [6.45, 7) is 6.88. The number of carbonyl (C=O) groups excluding carboxylic acids is 1. The second-order valence-electron chi connectivity index (χ2n) is 5.43. The Morgan fingerprint density at radius 3 is 2.58 bits per heavy atom. The Balaban J connectivity index is 2.63. The van der Waals surface area contributed by atoms with Crippen molar-refractivity contribution in [1.29, 1.82) is 0 Å². The minimum absolute atomic E-state index is 0.406. The van der Waals surface area contributed by atoms with Gasteiger partial charge in [-0.15, -0.1) is 0 Å². The molecule has 1 aromatic carbocycles. The smallest absolute Gasteiger partial charge is 0.407 e. The fourth-order valence-electron chi connectivity index (χ4n) is 1.55. The Labute approximate surface area is 112 Å². The highest BCUT2D eigenvalue weighted by Crippen LogP contribution is 2.18. The number of aliphatic hydroxyl groups excluding tert-OH is 1. The maximum absolute atomic E-state index is 13.1. The van der Waals surface area contributed by atoms with E-state index in [1.54, 1.807) is 33.8 Å². The standard InChI is InChI=1S/C14H20FNO3/c1-9(16-13(18)19-14(2,3)4)12(17)10-6-5-7-11(15)8-10/h5-9,12,17H,1-4H3,(H,16,18)/t9-,12-/m1/s1. The summed E-state index contributed by atoms with van der Waals surface area (Å²) in [4.78, 5) is 11.6. The van der Waals surface area contributed by atoms with Gasteiger partial charge in [-0.25, -0.2) is 9.18 Å². The Hall–Kier alpha value is -1.62. The quantitative estimate of drug-likeness (QED) is 0.887. The van der Waals surface area contributed by atoms with Crippen molar-refractivity contribution < 1.29 is 19.0 Å². The number of nitrogens with one attached hydrogen (secondary N) is 1. The minimum Gasteiger partial charge on any atom is -0.444 e. The number of carbonyl (C=O) groups is 1. The van der Waals surface area contributed by atoms with Crippen molar-refractivity contribution in [3.8, 4) is 0 Å². The van der Waals surface area contributed by atoms with Crippen LogP contribution in [0.15, 0.2) is 24.3 Å². The Bertz CT molecular complexity index is 443. The van der Waals surface area contributed by atoms with Crippen LogP contribution in [0, 0.1) is 5.82 Å². The Kier molecular flexibility index (Phi) is 4.89. The second kappa shape index (κ2) is 6.02. The predicted octanol–water partition coefficient (Wildman–Crippen LogP) is 2.77. The van der Waals surface area contributed by atoms with Crippen LogP contribution in [0.3, 0.4) is 0 Å². The number of amides is 1. The summed E-state index contributed by atoms with van der Waals surface area (Å²) in [5.41, 5.74) is -0.197. The highest BCUT2D eigenvalue weighted by atomic mass is 19.1. The van der Waals surface area contributed by atoms with Gasteiger partial charge in [-0.3, -0.25) is 0 Å². The molecule has 0 heterocycles. The zero-order chi connectivity index (χ0) is 14.6. The number of aliphatic hydroxyl groups is 1. The SMILES string of the molecule is C[C@@H](NC(=O)OC(C)(C)C)[C@@H](O)c1cccc(F)c1. The molecule has 19 heavy (non-hydrogen) atoms. The van der Waals surface area contributed by atoms with Crippen molar-refractivity contribution in [3.63, 3.8) is 0 Å². The van der Waals surface area contributed by atoms with Crippen molar-refractivity contribution >= 4 is 6.09 Å². The molecule has 1 aromatic rings. The molecule has 0 aromatic heterocycles. The first-order valence-corrected chi connectivity index (χ1v) is 6.12. The van der Waals surface area contributed by atoms with E-state index in [2.05, 4.69) is 5.32 Å². The molecule has 0 radical (unpaired) electrons. The average Bonchev–Trinajstić information content (AvgIpc) is 2.25. The van der Waals surface area contributed by atoms with Crippen molar-refractivity contribution in [1.82, 2.24) is 5.32 Å². The van der Waals surface area contributed by atoms with E-state index in [1.165, 1.54) is 18.2 Å². The van der Waals surface area contributed by atoms with Crippen LogP contribution in [-0.2, 0) is 4.74 Å². The number of rotatable bonds is 3. The van der Waals surface area contributed by atoms with Crippen LogP contribution < -0.4 is 5.32 Å². The number of alkyl carbamates (subject to hydrolysis) is 1. The van der Waals surface area contributed by atoms with Crippen LogP contribution in [-0.4, -0.2) is 22.8 Å². The van der Waals surface area contributed by atoms with Crippen LogP contribution in [0.25, 0.3) is 0 Å². The molecular formula is C14H20FNO3. The largest absolute Gasteiger partial charge is 0.444 e. The monoisotopic (exact) mass is 269 g/mol. The van der Waals surface area contributed by atoms with Crippen LogP contribution in [0.5, 0.6) is 0 Å². The lowest BCUT2D eigenvalue weighted by Gasteiger charge is -2.24. The summed E-state index contributed by atoms with van der Waals surface area (Å²) < 4.78 is 18.1. The van der Waals surface area contributed by atoms with Gasteiger partial charge in [0.1, 0.15) is 11.4 Å². The number of benzene rings is 1. The van der Waals surface area contributed by atoms with E-state index in [9.17, 15) is 14.3 Å². The predicted molar refractivity (Wildman–Crippen MR) is 70.2 cm³/mol. The molecule has 2 atom stereocenters. The minimum atomic E-state index is -0.997. The molecule has 0 aliphatic rings. The molecule has 0 bridgehead atoms. The maximum atomic E-state index is 13.1. The molecule has 1 amide bonds. The van der Waals surface area contributed by atoms with Crippen LogP contribution in [0.2, 0.25) is 0 Å². The molecule has 4 nitrogen and oxygen atoms in total. The molecule has 5 heteroatoms. The average molecular weight is 269 g/mol. The van der Waals surface area contributed by atoms with Gasteiger partial charge in [-0.05, 0) is 45.4 Å². The normalized spacial score (nSPS) is 14.6. The molecule has 0 spiro atoms. The van der Waals surface area contributed by atoms with Gasteiger partial charge in [0.25, 0.3) is 0 Å². The lowest BCUT2D eigenvalue weighted by atomic mass is 10.0.